The van der Waals surface area contributed by atoms with E-state index in [0.29, 0.717) is 31.9 Å². The highest BCUT2D eigenvalue weighted by Crippen LogP contribution is 2.21. The third-order valence-electron chi connectivity index (χ3n) is 7.34. The van der Waals surface area contributed by atoms with Crippen molar-refractivity contribution < 1.29 is 37.3 Å². The van der Waals surface area contributed by atoms with Crippen molar-refractivity contribution in [1.82, 2.24) is 9.62 Å². The number of benzene rings is 2. The van der Waals surface area contributed by atoms with Gasteiger partial charge in [-0.05, 0) is 48.6 Å². The van der Waals surface area contributed by atoms with E-state index in [4.69, 9.17) is 14.2 Å². The summed E-state index contributed by atoms with van der Waals surface area (Å²) in [7, 11) is -4.04. The maximum atomic E-state index is 13.8. The number of rotatable bonds is 19. The molecule has 2 amide bonds. The number of aliphatic hydroxyl groups excluding tert-OH is 1. The molecule has 1 saturated heterocycles. The molecule has 2 aromatic carbocycles. The number of alkyl carbamates (subject to hydrolysis) is 1. The summed E-state index contributed by atoms with van der Waals surface area (Å²) in [5.74, 6) is -0.359. The van der Waals surface area contributed by atoms with Gasteiger partial charge in [0, 0.05) is 31.8 Å². The number of carbonyl (C=O) groups excluding carboxylic acids is 2. The molecule has 12 heteroatoms. The first-order chi connectivity index (χ1) is 21.6. The molecule has 0 saturated carbocycles. The number of nitrogens with zero attached hydrogens (tertiary/aromatic N) is 1. The van der Waals surface area contributed by atoms with Crippen molar-refractivity contribution in [3.05, 3.63) is 60.2 Å². The molecule has 0 bridgehead atoms. The van der Waals surface area contributed by atoms with Crippen molar-refractivity contribution >= 4 is 27.7 Å². The number of sulfonamides is 1. The molecule has 0 radical (unpaired) electrons. The first-order valence-electron chi connectivity index (χ1n) is 15.8. The van der Waals surface area contributed by atoms with Gasteiger partial charge in [0.1, 0.15) is 12.7 Å². The van der Waals surface area contributed by atoms with E-state index in [0.717, 1.165) is 31.2 Å². The van der Waals surface area contributed by atoms with E-state index in [1.54, 1.807) is 0 Å². The lowest BCUT2D eigenvalue weighted by Gasteiger charge is -2.30. The fourth-order valence-electron chi connectivity index (χ4n) is 4.96. The van der Waals surface area contributed by atoms with Crippen molar-refractivity contribution in [2.24, 2.45) is 5.92 Å². The molecule has 1 fully saturated rings. The third-order valence-corrected chi connectivity index (χ3v) is 9.18. The van der Waals surface area contributed by atoms with Gasteiger partial charge in [0.25, 0.3) is 0 Å². The van der Waals surface area contributed by atoms with Crippen LogP contribution in [0.5, 0.6) is 0 Å². The minimum absolute atomic E-state index is 0.0220. The van der Waals surface area contributed by atoms with Crippen LogP contribution in [-0.2, 0) is 35.4 Å². The number of aliphatic hydroxyl groups is 1. The molecule has 0 aromatic heterocycles. The second-order valence-electron chi connectivity index (χ2n) is 11.8. The number of nitrogens with one attached hydrogen (secondary N) is 2. The number of anilines is 1. The molecule has 3 N–H and O–H groups in total. The summed E-state index contributed by atoms with van der Waals surface area (Å²) >= 11 is 0. The molecule has 1 heterocycles. The van der Waals surface area contributed by atoms with Crippen molar-refractivity contribution in [3.63, 3.8) is 0 Å². The summed E-state index contributed by atoms with van der Waals surface area (Å²) in [6, 6.07) is 14.4. The number of unbranched alkanes of at least 4 members (excludes halogenated alkanes) is 3. The van der Waals surface area contributed by atoms with E-state index >= 15 is 0 Å². The number of ether oxygens (including phenoxy) is 3. The van der Waals surface area contributed by atoms with Gasteiger partial charge in [0.05, 0.1) is 30.3 Å². The fraction of sp³-hybridized carbons (Fsp3) is 0.576. The summed E-state index contributed by atoms with van der Waals surface area (Å²) < 4.78 is 45.0. The quantitative estimate of drug-likeness (QED) is 0.191. The fourth-order valence-corrected chi connectivity index (χ4v) is 6.58. The molecule has 250 valence electrons. The highest BCUT2D eigenvalue weighted by atomic mass is 32.2. The normalized spacial score (nSPS) is 16.4. The topological polar surface area (TPSA) is 143 Å². The Labute approximate surface area is 267 Å². The SMILES string of the molecule is CCCCCCOCC(=O)Nc1ccc(S(=O)(=O)N(CC(C)C)C[C@@H](O)[C@H](Cc2ccccc2)NC(=O)O[C@H]2CCOC2)cc1. The average Bonchev–Trinajstić information content (AvgIpc) is 3.51. The van der Waals surface area contributed by atoms with Gasteiger partial charge in [0.2, 0.25) is 15.9 Å². The monoisotopic (exact) mass is 647 g/mol. The van der Waals surface area contributed by atoms with Crippen LogP contribution in [0.4, 0.5) is 10.5 Å². The molecular weight excluding hydrogens is 598 g/mol. The Bertz CT molecular complexity index is 1270. The van der Waals surface area contributed by atoms with Gasteiger partial charge in [-0.3, -0.25) is 4.79 Å². The van der Waals surface area contributed by atoms with Gasteiger partial charge in [0.15, 0.2) is 0 Å². The average molecular weight is 648 g/mol. The Morgan fingerprint density at radius 2 is 1.78 bits per heavy atom. The number of carbonyl (C=O) groups is 2. The van der Waals surface area contributed by atoms with Crippen LogP contribution in [-0.4, -0.2) is 87.6 Å². The maximum absolute atomic E-state index is 13.8. The van der Waals surface area contributed by atoms with E-state index in [1.807, 2.05) is 44.2 Å². The standard InChI is InChI=1S/C33H49N3O8S/c1-4-5-6-10-18-42-24-32(38)34-27-13-15-29(16-14-27)45(40,41)36(21-25(2)3)22-31(37)30(20-26-11-8-7-9-12-26)35-33(39)44-28-17-19-43-23-28/h7-9,11-16,25,28,30-31,37H,4-6,10,17-24H2,1-3H3,(H,34,38)(H,35,39)/t28-,30-,31+/m0/s1. The van der Waals surface area contributed by atoms with Gasteiger partial charge in [-0.1, -0.05) is 70.4 Å². The molecule has 1 aliphatic heterocycles. The van der Waals surface area contributed by atoms with Crippen LogP contribution in [0.15, 0.2) is 59.5 Å². The zero-order valence-electron chi connectivity index (χ0n) is 26.7. The molecule has 3 atom stereocenters. The van der Waals surface area contributed by atoms with E-state index in [9.17, 15) is 23.1 Å². The van der Waals surface area contributed by atoms with Crippen LogP contribution >= 0.6 is 0 Å². The molecular formula is C33H49N3O8S. The Hall–Kier alpha value is -3.03. The third kappa shape index (κ3) is 12.7. The highest BCUT2D eigenvalue weighted by molar-refractivity contribution is 7.89. The minimum atomic E-state index is -4.04. The first-order valence-corrected chi connectivity index (χ1v) is 17.3. The van der Waals surface area contributed by atoms with Crippen LogP contribution in [0.25, 0.3) is 0 Å². The van der Waals surface area contributed by atoms with Crippen molar-refractivity contribution in [2.75, 3.05) is 44.8 Å². The summed E-state index contributed by atoms with van der Waals surface area (Å²) in [6.07, 6.45) is 2.78. The zero-order chi connectivity index (χ0) is 32.7. The van der Waals surface area contributed by atoms with E-state index in [1.165, 1.54) is 28.6 Å². The highest BCUT2D eigenvalue weighted by Gasteiger charge is 2.32. The van der Waals surface area contributed by atoms with Gasteiger partial charge in [-0.2, -0.15) is 4.31 Å². The lowest BCUT2D eigenvalue weighted by molar-refractivity contribution is -0.120. The molecule has 0 unspecified atom stereocenters. The second-order valence-corrected chi connectivity index (χ2v) is 13.7. The lowest BCUT2D eigenvalue weighted by atomic mass is 10.0. The summed E-state index contributed by atoms with van der Waals surface area (Å²) in [6.45, 7) is 7.07. The van der Waals surface area contributed by atoms with Crippen molar-refractivity contribution in [3.8, 4) is 0 Å². The minimum Gasteiger partial charge on any atom is -0.444 e. The molecule has 0 aliphatic carbocycles. The van der Waals surface area contributed by atoms with Crippen LogP contribution in [0, 0.1) is 5.92 Å². The number of hydrogen-bond acceptors (Lipinski definition) is 8. The molecule has 1 aliphatic rings. The Kier molecular flexibility index (Phi) is 15.2. The van der Waals surface area contributed by atoms with Gasteiger partial charge in [-0.15, -0.1) is 0 Å². The Balaban J connectivity index is 1.68. The zero-order valence-corrected chi connectivity index (χ0v) is 27.5. The first kappa shape index (κ1) is 36.4. The Morgan fingerprint density at radius 3 is 2.42 bits per heavy atom. The summed E-state index contributed by atoms with van der Waals surface area (Å²) in [5, 5.41) is 16.9. The summed E-state index contributed by atoms with van der Waals surface area (Å²) in [4.78, 5) is 25.0. The molecule has 2 aromatic rings. The molecule has 11 nitrogen and oxygen atoms in total. The number of amides is 2. The summed E-state index contributed by atoms with van der Waals surface area (Å²) in [5.41, 5.74) is 1.31. The lowest BCUT2D eigenvalue weighted by Crippen LogP contribution is -2.51. The number of hydrogen-bond donors (Lipinski definition) is 3. The molecule has 3 rings (SSSR count). The van der Waals surface area contributed by atoms with Crippen LogP contribution < -0.4 is 10.6 Å². The smallest absolute Gasteiger partial charge is 0.407 e. The predicted molar refractivity (Wildman–Crippen MR) is 172 cm³/mol. The Morgan fingerprint density at radius 1 is 1.04 bits per heavy atom. The van der Waals surface area contributed by atoms with Crippen LogP contribution in [0.3, 0.4) is 0 Å². The van der Waals surface area contributed by atoms with E-state index < -0.39 is 28.3 Å². The van der Waals surface area contributed by atoms with Gasteiger partial charge >= 0.3 is 6.09 Å². The molecule has 45 heavy (non-hydrogen) atoms. The largest absolute Gasteiger partial charge is 0.444 e. The van der Waals surface area contributed by atoms with E-state index in [2.05, 4.69) is 17.6 Å². The van der Waals surface area contributed by atoms with Crippen molar-refractivity contribution in [2.45, 2.75) is 82.4 Å². The van der Waals surface area contributed by atoms with Crippen LogP contribution in [0.1, 0.15) is 58.4 Å². The second kappa shape index (κ2) is 18.8. The maximum Gasteiger partial charge on any atom is 0.407 e. The van der Waals surface area contributed by atoms with Crippen LogP contribution in [0.2, 0.25) is 0 Å². The predicted octanol–water partition coefficient (Wildman–Crippen LogP) is 4.36. The van der Waals surface area contributed by atoms with Crippen molar-refractivity contribution in [1.29, 1.82) is 0 Å². The van der Waals surface area contributed by atoms with Gasteiger partial charge in [-0.25, -0.2) is 13.2 Å². The van der Waals surface area contributed by atoms with Gasteiger partial charge < -0.3 is 30.0 Å². The molecule has 0 spiro atoms. The van der Waals surface area contributed by atoms with E-state index in [-0.39, 0.29) is 48.9 Å².